The molecule has 0 fully saturated rings. The quantitative estimate of drug-likeness (QED) is 0.850. The Labute approximate surface area is 153 Å². The van der Waals surface area contributed by atoms with Crippen LogP contribution in [0.3, 0.4) is 0 Å². The van der Waals surface area contributed by atoms with Crippen molar-refractivity contribution in [2.45, 2.75) is 38.3 Å². The molecule has 2 bridgehead atoms. The summed E-state index contributed by atoms with van der Waals surface area (Å²) in [5, 5.41) is 3.36. The minimum Gasteiger partial charge on any atom is -0.468 e. The molecular formula is C22H23NO3. The molecule has 0 aromatic heterocycles. The highest BCUT2D eigenvalue weighted by atomic mass is 16.5. The van der Waals surface area contributed by atoms with Gasteiger partial charge in [-0.2, -0.15) is 0 Å². The van der Waals surface area contributed by atoms with Gasteiger partial charge in [-0.3, -0.25) is 0 Å². The zero-order valence-electron chi connectivity index (χ0n) is 15.1. The van der Waals surface area contributed by atoms with E-state index in [1.165, 1.54) is 0 Å². The molecule has 4 rings (SSSR count). The van der Waals surface area contributed by atoms with Gasteiger partial charge in [0.25, 0.3) is 0 Å². The molecule has 2 aromatic carbocycles. The standard InChI is InChI=1S/C22H23NO3/c1-15-20(21(24)25-13-12-16-8-4-3-5-9-16)18-14-22(2,23-15)26-19-11-7-6-10-17(18)19/h3-11,18,23H,12-14H2,1-2H3/t18-,22?/m0/s1. The third-order valence-corrected chi connectivity index (χ3v) is 5.11. The first kappa shape index (κ1) is 16.7. The second-order valence-corrected chi connectivity index (χ2v) is 7.16. The summed E-state index contributed by atoms with van der Waals surface area (Å²) in [4.78, 5) is 12.9. The molecule has 0 spiro atoms. The van der Waals surface area contributed by atoms with Crippen LogP contribution in [0.4, 0.5) is 0 Å². The molecule has 26 heavy (non-hydrogen) atoms. The van der Waals surface area contributed by atoms with Crippen LogP contribution in [0.5, 0.6) is 5.75 Å². The number of hydrogen-bond acceptors (Lipinski definition) is 4. The first-order valence-corrected chi connectivity index (χ1v) is 9.04. The summed E-state index contributed by atoms with van der Waals surface area (Å²) < 4.78 is 11.7. The van der Waals surface area contributed by atoms with E-state index in [2.05, 4.69) is 5.32 Å². The molecule has 134 valence electrons. The monoisotopic (exact) mass is 349 g/mol. The Balaban J connectivity index is 1.54. The molecule has 0 amide bonds. The molecule has 1 N–H and O–H groups in total. The molecular weight excluding hydrogens is 326 g/mol. The van der Waals surface area contributed by atoms with Gasteiger partial charge in [0.2, 0.25) is 0 Å². The van der Waals surface area contributed by atoms with Crippen molar-refractivity contribution in [1.29, 1.82) is 0 Å². The van der Waals surface area contributed by atoms with E-state index in [1.54, 1.807) is 0 Å². The van der Waals surface area contributed by atoms with Crippen molar-refractivity contribution in [1.82, 2.24) is 5.32 Å². The van der Waals surface area contributed by atoms with Crippen LogP contribution in [0, 0.1) is 0 Å². The minimum absolute atomic E-state index is 0.00424. The van der Waals surface area contributed by atoms with Gasteiger partial charge in [-0.25, -0.2) is 4.79 Å². The summed E-state index contributed by atoms with van der Waals surface area (Å²) >= 11 is 0. The fourth-order valence-electron chi connectivity index (χ4n) is 3.98. The van der Waals surface area contributed by atoms with Gasteiger partial charge in [0.1, 0.15) is 5.75 Å². The third-order valence-electron chi connectivity index (χ3n) is 5.11. The van der Waals surface area contributed by atoms with Crippen LogP contribution >= 0.6 is 0 Å². The Kier molecular flexibility index (Phi) is 4.19. The lowest BCUT2D eigenvalue weighted by atomic mass is 9.78. The van der Waals surface area contributed by atoms with Gasteiger partial charge in [0.05, 0.1) is 12.2 Å². The Bertz CT molecular complexity index is 859. The van der Waals surface area contributed by atoms with Gasteiger partial charge in [0.15, 0.2) is 5.72 Å². The van der Waals surface area contributed by atoms with E-state index in [9.17, 15) is 4.79 Å². The largest absolute Gasteiger partial charge is 0.468 e. The van der Waals surface area contributed by atoms with Crippen LogP contribution in [0.1, 0.15) is 37.3 Å². The van der Waals surface area contributed by atoms with Gasteiger partial charge in [-0.05, 0) is 25.5 Å². The highest BCUT2D eigenvalue weighted by Crippen LogP contribution is 2.47. The number of ether oxygens (including phenoxy) is 2. The number of benzene rings is 2. The van der Waals surface area contributed by atoms with Crippen LogP contribution in [0.25, 0.3) is 0 Å². The lowest BCUT2D eigenvalue weighted by molar-refractivity contribution is -0.140. The molecule has 0 radical (unpaired) electrons. The van der Waals surface area contributed by atoms with Gasteiger partial charge < -0.3 is 14.8 Å². The number of rotatable bonds is 4. The van der Waals surface area contributed by atoms with Crippen molar-refractivity contribution in [3.63, 3.8) is 0 Å². The van der Waals surface area contributed by atoms with E-state index in [0.29, 0.717) is 25.0 Å². The molecule has 4 heteroatoms. The van der Waals surface area contributed by atoms with Gasteiger partial charge in [0, 0.05) is 30.0 Å². The van der Waals surface area contributed by atoms with Crippen LogP contribution in [-0.2, 0) is 16.0 Å². The van der Waals surface area contributed by atoms with Crippen LogP contribution < -0.4 is 10.1 Å². The molecule has 2 aromatic rings. The molecule has 2 atom stereocenters. The van der Waals surface area contributed by atoms with Gasteiger partial charge in [-0.15, -0.1) is 0 Å². The molecule has 2 aliphatic heterocycles. The fourth-order valence-corrected chi connectivity index (χ4v) is 3.98. The van der Waals surface area contributed by atoms with Crippen LogP contribution in [0.2, 0.25) is 0 Å². The average Bonchev–Trinajstić information content (AvgIpc) is 2.61. The smallest absolute Gasteiger partial charge is 0.336 e. The zero-order valence-corrected chi connectivity index (χ0v) is 15.1. The first-order valence-electron chi connectivity index (χ1n) is 9.04. The van der Waals surface area contributed by atoms with Gasteiger partial charge >= 0.3 is 5.97 Å². The summed E-state index contributed by atoms with van der Waals surface area (Å²) in [6.45, 7) is 4.33. The number of allylic oxidation sites excluding steroid dienone is 1. The summed E-state index contributed by atoms with van der Waals surface area (Å²) in [6, 6.07) is 18.0. The number of carbonyl (C=O) groups excluding carboxylic acids is 1. The maximum Gasteiger partial charge on any atom is 0.336 e. The molecule has 0 aliphatic carbocycles. The number of carbonyl (C=O) groups is 1. The Morgan fingerprint density at radius 1 is 1.19 bits per heavy atom. The lowest BCUT2D eigenvalue weighted by Crippen LogP contribution is -2.54. The minimum atomic E-state index is -0.489. The average molecular weight is 349 g/mol. The van der Waals surface area contributed by atoms with Crippen LogP contribution in [-0.4, -0.2) is 18.3 Å². The summed E-state index contributed by atoms with van der Waals surface area (Å²) in [5.74, 6) is 0.589. The maximum absolute atomic E-state index is 12.9. The summed E-state index contributed by atoms with van der Waals surface area (Å²) in [5.41, 5.74) is 3.28. The molecule has 0 saturated heterocycles. The molecule has 4 nitrogen and oxygen atoms in total. The van der Waals surface area contributed by atoms with E-state index in [1.807, 2.05) is 68.4 Å². The number of nitrogens with one attached hydrogen (secondary N) is 1. The molecule has 2 aliphatic rings. The highest BCUT2D eigenvalue weighted by Gasteiger charge is 2.45. The molecule has 1 unspecified atom stereocenters. The number of esters is 1. The number of fused-ring (bicyclic) bond motifs is 4. The second-order valence-electron chi connectivity index (χ2n) is 7.16. The van der Waals surface area contributed by atoms with Crippen molar-refractivity contribution in [2.24, 2.45) is 0 Å². The van der Waals surface area contributed by atoms with E-state index in [4.69, 9.17) is 9.47 Å². The third kappa shape index (κ3) is 3.07. The van der Waals surface area contributed by atoms with E-state index in [0.717, 1.165) is 22.6 Å². The van der Waals surface area contributed by atoms with Crippen molar-refractivity contribution in [2.75, 3.05) is 6.61 Å². The highest BCUT2D eigenvalue weighted by molar-refractivity contribution is 5.91. The van der Waals surface area contributed by atoms with E-state index < -0.39 is 5.72 Å². The van der Waals surface area contributed by atoms with Crippen molar-refractivity contribution >= 4 is 5.97 Å². The van der Waals surface area contributed by atoms with E-state index in [-0.39, 0.29) is 11.9 Å². The SMILES string of the molecule is CC1=C(C(=O)OCCc2ccccc2)[C@H]2CC(C)(N1)Oc1ccccc12. The van der Waals surface area contributed by atoms with Crippen molar-refractivity contribution in [3.05, 3.63) is 77.0 Å². The van der Waals surface area contributed by atoms with Gasteiger partial charge in [-0.1, -0.05) is 48.5 Å². The first-order chi connectivity index (χ1) is 12.6. The lowest BCUT2D eigenvalue weighted by Gasteiger charge is -2.45. The zero-order chi connectivity index (χ0) is 18.1. The summed E-state index contributed by atoms with van der Waals surface area (Å²) in [6.07, 6.45) is 1.43. The predicted octanol–water partition coefficient (Wildman–Crippen LogP) is 3.93. The predicted molar refractivity (Wildman–Crippen MR) is 99.8 cm³/mol. The Morgan fingerprint density at radius 3 is 2.73 bits per heavy atom. The number of para-hydroxylation sites is 1. The molecule has 2 heterocycles. The normalized spacial score (nSPS) is 23.5. The van der Waals surface area contributed by atoms with Crippen LogP contribution in [0.15, 0.2) is 65.9 Å². The molecule has 0 saturated carbocycles. The Hall–Kier alpha value is -2.75. The Morgan fingerprint density at radius 2 is 1.92 bits per heavy atom. The summed E-state index contributed by atoms with van der Waals surface area (Å²) in [7, 11) is 0. The van der Waals surface area contributed by atoms with Crippen molar-refractivity contribution < 1.29 is 14.3 Å². The fraction of sp³-hybridized carbons (Fsp3) is 0.318. The topological polar surface area (TPSA) is 47.6 Å². The second kappa shape index (κ2) is 6.52. The number of hydrogen-bond donors (Lipinski definition) is 1. The van der Waals surface area contributed by atoms with Crippen molar-refractivity contribution in [3.8, 4) is 5.75 Å². The maximum atomic E-state index is 12.9. The van der Waals surface area contributed by atoms with E-state index >= 15 is 0 Å².